The zero-order valence-corrected chi connectivity index (χ0v) is 56.5. The molecule has 0 aromatic carbocycles. The van der Waals surface area contributed by atoms with E-state index in [9.17, 15) is 19.8 Å². The molecule has 0 saturated heterocycles. The minimum absolute atomic E-state index is 0.0157. The largest absolute Gasteiger partial charge is 0.466 e. The van der Waals surface area contributed by atoms with E-state index in [0.717, 1.165) is 44.9 Å². The van der Waals surface area contributed by atoms with Gasteiger partial charge >= 0.3 is 5.97 Å². The Hall–Kier alpha value is -1.66. The summed E-state index contributed by atoms with van der Waals surface area (Å²) >= 11 is 0. The second-order valence-electron chi connectivity index (χ2n) is 26.3. The molecule has 0 saturated carbocycles. The Morgan fingerprint density at radius 1 is 0.337 bits per heavy atom. The van der Waals surface area contributed by atoms with Gasteiger partial charge in [-0.1, -0.05) is 385 Å². The van der Waals surface area contributed by atoms with Crippen molar-refractivity contribution in [2.45, 2.75) is 443 Å². The zero-order chi connectivity index (χ0) is 59.9. The predicted octanol–water partition coefficient (Wildman–Crippen LogP) is 24.9. The van der Waals surface area contributed by atoms with Crippen molar-refractivity contribution in [2.75, 3.05) is 13.2 Å². The number of rotatable bonds is 72. The van der Waals surface area contributed by atoms with Gasteiger partial charge in [0.05, 0.1) is 25.4 Å². The SMILES string of the molecule is CCCCCCCCCCCCCCCCCCCCCCCCC(O)C(CO)NC(=O)CCCCCCCCCCCCC/C=C\C/C=C\CCCCCCCCCCCOC(=O)CCCCCCCCCCCCCCCCCCC. The van der Waals surface area contributed by atoms with Crippen molar-refractivity contribution in [2.24, 2.45) is 0 Å². The van der Waals surface area contributed by atoms with E-state index < -0.39 is 12.1 Å². The number of carbonyl (C=O) groups is 2. The molecule has 0 rings (SSSR count). The lowest BCUT2D eigenvalue weighted by molar-refractivity contribution is -0.143. The van der Waals surface area contributed by atoms with Gasteiger partial charge in [-0.05, 0) is 57.8 Å². The summed E-state index contributed by atoms with van der Waals surface area (Å²) < 4.78 is 5.50. The van der Waals surface area contributed by atoms with Crippen LogP contribution in [0.15, 0.2) is 24.3 Å². The maximum Gasteiger partial charge on any atom is 0.305 e. The van der Waals surface area contributed by atoms with Crippen LogP contribution in [-0.2, 0) is 14.3 Å². The number of unbranched alkanes of at least 4 members (excludes halogenated alkanes) is 57. The molecule has 83 heavy (non-hydrogen) atoms. The number of ether oxygens (including phenoxy) is 1. The molecule has 1 amide bonds. The first-order chi connectivity index (χ1) is 41.0. The minimum Gasteiger partial charge on any atom is -0.466 e. The zero-order valence-electron chi connectivity index (χ0n) is 56.5. The third-order valence-electron chi connectivity index (χ3n) is 18.0. The van der Waals surface area contributed by atoms with E-state index in [2.05, 4.69) is 43.5 Å². The van der Waals surface area contributed by atoms with Crippen molar-refractivity contribution in [3.05, 3.63) is 24.3 Å². The second kappa shape index (κ2) is 72.8. The molecule has 0 aromatic rings. The molecular weight excluding hydrogens is 1020 g/mol. The fourth-order valence-electron chi connectivity index (χ4n) is 12.2. The van der Waals surface area contributed by atoms with E-state index >= 15 is 0 Å². The van der Waals surface area contributed by atoms with Gasteiger partial charge in [0.25, 0.3) is 0 Å². The van der Waals surface area contributed by atoms with Crippen LogP contribution in [0.1, 0.15) is 431 Å². The number of carbonyl (C=O) groups excluding carboxylic acids is 2. The van der Waals surface area contributed by atoms with E-state index in [1.54, 1.807) is 0 Å². The standard InChI is InChI=1S/C77H149NO5/c1-3-5-7-9-11-13-15-17-19-21-22-23-31-34-38-41-45-49-53-57-61-65-69-75(80)74(73-79)78-76(81)70-66-62-58-54-50-46-42-39-35-32-29-27-25-24-26-28-30-33-36-40-44-48-52-56-60-64-68-72-83-77(82)71-67-63-59-55-51-47-43-37-20-18-16-14-12-10-8-6-4-2/h24-25,28,30,74-75,79-80H,3-23,26-27,29,31-73H2,1-2H3,(H,78,81)/b25-24-,30-28-. The van der Waals surface area contributed by atoms with Crippen LogP contribution in [0.4, 0.5) is 0 Å². The molecule has 0 radical (unpaired) electrons. The molecule has 0 spiro atoms. The summed E-state index contributed by atoms with van der Waals surface area (Å²) in [6.45, 7) is 5.00. The molecule has 0 aliphatic carbocycles. The first-order valence-electron chi connectivity index (χ1n) is 38.1. The Morgan fingerprint density at radius 3 is 0.916 bits per heavy atom. The number of hydrogen-bond acceptors (Lipinski definition) is 5. The highest BCUT2D eigenvalue weighted by Crippen LogP contribution is 2.20. The molecule has 6 nitrogen and oxygen atoms in total. The highest BCUT2D eigenvalue weighted by Gasteiger charge is 2.20. The number of aliphatic hydroxyl groups is 2. The van der Waals surface area contributed by atoms with Crippen molar-refractivity contribution in [3.63, 3.8) is 0 Å². The summed E-state index contributed by atoms with van der Waals surface area (Å²) in [4.78, 5) is 24.7. The fourth-order valence-corrected chi connectivity index (χ4v) is 12.2. The summed E-state index contributed by atoms with van der Waals surface area (Å²) in [5, 5.41) is 23.4. The van der Waals surface area contributed by atoms with Crippen molar-refractivity contribution in [1.29, 1.82) is 0 Å². The maximum absolute atomic E-state index is 12.6. The van der Waals surface area contributed by atoms with Crippen molar-refractivity contribution >= 4 is 11.9 Å². The van der Waals surface area contributed by atoms with Crippen LogP contribution in [0.25, 0.3) is 0 Å². The van der Waals surface area contributed by atoms with Crippen LogP contribution >= 0.6 is 0 Å². The average molecular weight is 1170 g/mol. The molecule has 0 heterocycles. The smallest absolute Gasteiger partial charge is 0.305 e. The number of amides is 1. The summed E-state index contributed by atoms with van der Waals surface area (Å²) in [5.41, 5.74) is 0. The molecule has 2 atom stereocenters. The summed E-state index contributed by atoms with van der Waals surface area (Å²) in [7, 11) is 0. The van der Waals surface area contributed by atoms with Crippen LogP contribution in [0.5, 0.6) is 0 Å². The first-order valence-corrected chi connectivity index (χ1v) is 38.1. The van der Waals surface area contributed by atoms with Crippen LogP contribution in [0.3, 0.4) is 0 Å². The van der Waals surface area contributed by atoms with Crippen LogP contribution in [0.2, 0.25) is 0 Å². The lowest BCUT2D eigenvalue weighted by Gasteiger charge is -2.22. The highest BCUT2D eigenvalue weighted by molar-refractivity contribution is 5.76. The van der Waals surface area contributed by atoms with Gasteiger partial charge in [0.2, 0.25) is 5.91 Å². The van der Waals surface area contributed by atoms with Gasteiger partial charge in [0, 0.05) is 12.8 Å². The molecule has 2 unspecified atom stereocenters. The van der Waals surface area contributed by atoms with E-state index in [4.69, 9.17) is 4.74 Å². The molecule has 0 fully saturated rings. The Balaban J connectivity index is 3.40. The Bertz CT molecular complexity index is 1300. The highest BCUT2D eigenvalue weighted by atomic mass is 16.5. The second-order valence-corrected chi connectivity index (χ2v) is 26.3. The minimum atomic E-state index is -0.668. The third-order valence-corrected chi connectivity index (χ3v) is 18.0. The topological polar surface area (TPSA) is 95.9 Å². The van der Waals surface area contributed by atoms with Gasteiger partial charge in [-0.2, -0.15) is 0 Å². The fraction of sp³-hybridized carbons (Fsp3) is 0.922. The van der Waals surface area contributed by atoms with E-state index in [1.807, 2.05) is 0 Å². The molecule has 3 N–H and O–H groups in total. The van der Waals surface area contributed by atoms with Crippen molar-refractivity contribution in [1.82, 2.24) is 5.32 Å². The monoisotopic (exact) mass is 1170 g/mol. The summed E-state index contributed by atoms with van der Waals surface area (Å²) in [5.74, 6) is -0.0175. The summed E-state index contributed by atoms with van der Waals surface area (Å²) in [6, 6.07) is -0.545. The van der Waals surface area contributed by atoms with Gasteiger partial charge in [0.1, 0.15) is 0 Å². The summed E-state index contributed by atoms with van der Waals surface area (Å²) in [6.07, 6.45) is 92.4. The molecular formula is C77H149NO5. The third kappa shape index (κ3) is 69.3. The lowest BCUT2D eigenvalue weighted by atomic mass is 10.0. The molecule has 0 bridgehead atoms. The Morgan fingerprint density at radius 2 is 0.602 bits per heavy atom. The van der Waals surface area contributed by atoms with E-state index in [1.165, 1.54) is 353 Å². The van der Waals surface area contributed by atoms with E-state index in [-0.39, 0.29) is 18.5 Å². The van der Waals surface area contributed by atoms with Gasteiger partial charge in [-0.25, -0.2) is 0 Å². The number of hydrogen-bond donors (Lipinski definition) is 3. The average Bonchev–Trinajstić information content (AvgIpc) is 3.49. The quantitative estimate of drug-likeness (QED) is 0.0320. The van der Waals surface area contributed by atoms with Crippen LogP contribution < -0.4 is 5.32 Å². The number of nitrogens with one attached hydrogen (secondary N) is 1. The molecule has 0 aliphatic rings. The number of allylic oxidation sites excluding steroid dienone is 4. The van der Waals surface area contributed by atoms with Crippen molar-refractivity contribution < 1.29 is 24.5 Å². The molecule has 0 aromatic heterocycles. The lowest BCUT2D eigenvalue weighted by Crippen LogP contribution is -2.45. The molecule has 0 aliphatic heterocycles. The Labute approximate surface area is 520 Å². The normalized spacial score (nSPS) is 12.6. The predicted molar refractivity (Wildman–Crippen MR) is 366 cm³/mol. The number of aliphatic hydroxyl groups excluding tert-OH is 2. The van der Waals surface area contributed by atoms with Crippen molar-refractivity contribution in [3.8, 4) is 0 Å². The first kappa shape index (κ1) is 81.3. The number of esters is 1. The van der Waals surface area contributed by atoms with Gasteiger partial charge in [-0.15, -0.1) is 0 Å². The van der Waals surface area contributed by atoms with Crippen LogP contribution in [0, 0.1) is 0 Å². The Kier molecular flexibility index (Phi) is 71.4. The van der Waals surface area contributed by atoms with Gasteiger partial charge in [-0.3, -0.25) is 9.59 Å². The molecule has 492 valence electrons. The molecule has 6 heteroatoms. The van der Waals surface area contributed by atoms with E-state index in [0.29, 0.717) is 25.9 Å². The van der Waals surface area contributed by atoms with Gasteiger partial charge < -0.3 is 20.3 Å². The van der Waals surface area contributed by atoms with Gasteiger partial charge in [0.15, 0.2) is 0 Å². The maximum atomic E-state index is 12.6. The van der Waals surface area contributed by atoms with Crippen LogP contribution in [-0.4, -0.2) is 47.4 Å².